The highest BCUT2D eigenvalue weighted by Gasteiger charge is 2.59. The Bertz CT molecular complexity index is 922. The van der Waals surface area contributed by atoms with Gasteiger partial charge in [-0.2, -0.15) is 0 Å². The minimum absolute atomic E-state index is 0.142. The molecule has 2 heterocycles. The highest BCUT2D eigenvalue weighted by molar-refractivity contribution is 6.09. The molecule has 0 unspecified atom stereocenters. The summed E-state index contributed by atoms with van der Waals surface area (Å²) in [4.78, 5) is 38.7. The molecule has 1 aromatic carbocycles. The van der Waals surface area contributed by atoms with Gasteiger partial charge >= 0.3 is 0 Å². The number of imide groups is 1. The summed E-state index contributed by atoms with van der Waals surface area (Å²) in [6.07, 6.45) is 6.41. The summed E-state index contributed by atoms with van der Waals surface area (Å²) in [5.74, 6) is -1.11. The number of likely N-dealkylation sites (tertiary alicyclic amines) is 1. The molecule has 5 rings (SSSR count). The lowest BCUT2D eigenvalue weighted by Crippen LogP contribution is -2.39. The average Bonchev–Trinajstić information content (AvgIpc) is 3.44. The quantitative estimate of drug-likeness (QED) is 0.621. The van der Waals surface area contributed by atoms with Crippen LogP contribution in [0.25, 0.3) is 5.69 Å². The van der Waals surface area contributed by atoms with E-state index in [2.05, 4.69) is 20.8 Å². The summed E-state index contributed by atoms with van der Waals surface area (Å²) in [6, 6.07) is 6.93. The third kappa shape index (κ3) is 2.46. The van der Waals surface area contributed by atoms with E-state index in [-0.39, 0.29) is 42.0 Å². The Morgan fingerprint density at radius 3 is 2.33 bits per heavy atom. The van der Waals surface area contributed by atoms with Crippen molar-refractivity contribution in [3.05, 3.63) is 42.7 Å². The monoisotopic (exact) mass is 364 g/mol. The largest absolute Gasteiger partial charge is 0.325 e. The minimum atomic E-state index is -0.396. The van der Waals surface area contributed by atoms with Gasteiger partial charge < -0.3 is 5.32 Å². The smallest absolute Gasteiger partial charge is 0.244 e. The number of hydrogen-bond donors (Lipinski definition) is 1. The number of hydrogen-bond acceptors (Lipinski definition) is 6. The molecule has 9 heteroatoms. The van der Waals surface area contributed by atoms with Gasteiger partial charge in [-0.25, -0.2) is 4.68 Å². The molecule has 1 saturated carbocycles. The summed E-state index contributed by atoms with van der Waals surface area (Å²) in [5.41, 5.74) is 1.32. The van der Waals surface area contributed by atoms with Gasteiger partial charge in [-0.15, -0.1) is 5.10 Å². The van der Waals surface area contributed by atoms with E-state index in [0.717, 1.165) is 17.0 Å². The third-order valence-corrected chi connectivity index (χ3v) is 5.63. The molecule has 0 spiro atoms. The van der Waals surface area contributed by atoms with Crippen molar-refractivity contribution in [3.8, 4) is 5.69 Å². The van der Waals surface area contributed by atoms with Crippen LogP contribution in [-0.2, 0) is 14.4 Å². The van der Waals surface area contributed by atoms with Crippen molar-refractivity contribution >= 4 is 23.4 Å². The maximum atomic E-state index is 12.6. The Labute approximate surface area is 154 Å². The summed E-state index contributed by atoms with van der Waals surface area (Å²) in [5, 5.41) is 13.7. The fourth-order valence-electron chi connectivity index (χ4n) is 4.44. The molecule has 1 N–H and O–H groups in total. The topological polar surface area (TPSA) is 110 Å². The Morgan fingerprint density at radius 1 is 1.07 bits per heavy atom. The van der Waals surface area contributed by atoms with Crippen molar-refractivity contribution in [3.63, 3.8) is 0 Å². The van der Waals surface area contributed by atoms with Crippen LogP contribution in [0.2, 0.25) is 0 Å². The fourth-order valence-corrected chi connectivity index (χ4v) is 4.44. The molecule has 9 nitrogen and oxygen atoms in total. The first-order valence-electron chi connectivity index (χ1n) is 8.78. The second kappa shape index (κ2) is 5.83. The van der Waals surface area contributed by atoms with E-state index < -0.39 is 5.91 Å². The average molecular weight is 364 g/mol. The van der Waals surface area contributed by atoms with E-state index in [0.29, 0.717) is 5.69 Å². The summed E-state index contributed by atoms with van der Waals surface area (Å²) in [6.45, 7) is -0.251. The number of rotatable bonds is 4. The number of tetrazole rings is 1. The van der Waals surface area contributed by atoms with Crippen LogP contribution in [0.5, 0.6) is 0 Å². The zero-order valence-corrected chi connectivity index (χ0v) is 14.2. The molecule has 0 radical (unpaired) electrons. The number of aromatic nitrogens is 4. The molecule has 1 saturated heterocycles. The zero-order chi connectivity index (χ0) is 18.5. The molecule has 4 atom stereocenters. The molecule has 3 aliphatic rings. The molecule has 2 fully saturated rings. The molecule has 27 heavy (non-hydrogen) atoms. The number of amides is 3. The van der Waals surface area contributed by atoms with Gasteiger partial charge in [-0.05, 0) is 52.9 Å². The van der Waals surface area contributed by atoms with Crippen LogP contribution in [0.15, 0.2) is 42.7 Å². The lowest BCUT2D eigenvalue weighted by atomic mass is 9.85. The Hall–Kier alpha value is -3.36. The molecule has 1 aliphatic heterocycles. The predicted octanol–water partition coefficient (Wildman–Crippen LogP) is 0.408. The molecule has 2 aromatic rings. The summed E-state index contributed by atoms with van der Waals surface area (Å²) < 4.78 is 1.49. The van der Waals surface area contributed by atoms with Gasteiger partial charge in [0, 0.05) is 5.69 Å². The second-order valence-corrected chi connectivity index (χ2v) is 7.11. The Morgan fingerprint density at radius 2 is 1.74 bits per heavy atom. The van der Waals surface area contributed by atoms with Crippen LogP contribution in [-0.4, -0.2) is 49.4 Å². The van der Waals surface area contributed by atoms with Gasteiger partial charge in [0.2, 0.25) is 17.7 Å². The molecule has 2 aliphatic carbocycles. The number of nitrogens with one attached hydrogen (secondary N) is 1. The summed E-state index contributed by atoms with van der Waals surface area (Å²) in [7, 11) is 0. The van der Waals surface area contributed by atoms with Crippen molar-refractivity contribution in [2.75, 3.05) is 11.9 Å². The van der Waals surface area contributed by atoms with E-state index in [4.69, 9.17) is 0 Å². The van der Waals surface area contributed by atoms with Crippen molar-refractivity contribution in [1.82, 2.24) is 25.1 Å². The molecular formula is C18H16N6O3. The van der Waals surface area contributed by atoms with Crippen LogP contribution in [0.1, 0.15) is 6.42 Å². The number of fused-ring (bicyclic) bond motifs is 5. The highest BCUT2D eigenvalue weighted by Crippen LogP contribution is 2.52. The van der Waals surface area contributed by atoms with Crippen LogP contribution in [0.3, 0.4) is 0 Å². The van der Waals surface area contributed by atoms with E-state index in [1.165, 1.54) is 11.0 Å². The minimum Gasteiger partial charge on any atom is -0.325 e. The first kappa shape index (κ1) is 15.9. The molecule has 1 aromatic heterocycles. The van der Waals surface area contributed by atoms with E-state index in [1.807, 2.05) is 12.2 Å². The second-order valence-electron chi connectivity index (χ2n) is 7.11. The molecule has 2 bridgehead atoms. The van der Waals surface area contributed by atoms with Gasteiger partial charge in [0.05, 0.1) is 17.5 Å². The van der Waals surface area contributed by atoms with Crippen molar-refractivity contribution in [2.45, 2.75) is 6.42 Å². The van der Waals surface area contributed by atoms with Crippen molar-refractivity contribution in [2.24, 2.45) is 23.7 Å². The number of carbonyl (C=O) groups is 3. The maximum Gasteiger partial charge on any atom is 0.244 e. The number of allylic oxidation sites excluding steroid dienone is 2. The van der Waals surface area contributed by atoms with Crippen LogP contribution >= 0.6 is 0 Å². The predicted molar refractivity (Wildman–Crippen MR) is 92.2 cm³/mol. The van der Waals surface area contributed by atoms with Gasteiger partial charge in [-0.1, -0.05) is 12.2 Å². The first-order valence-corrected chi connectivity index (χ1v) is 8.78. The van der Waals surface area contributed by atoms with E-state index in [9.17, 15) is 14.4 Å². The lowest BCUT2D eigenvalue weighted by Gasteiger charge is -2.16. The number of carbonyl (C=O) groups excluding carboxylic acids is 3. The standard InChI is InChI=1S/C18H16N6O3/c25-14(20-12-3-5-13(6-4-12)24-9-19-21-22-24)8-23-17(26)15-10-1-2-11(7-10)16(15)18(23)27/h1-6,9-11,15-16H,7-8H2,(H,20,25)/t10-,11-,15+,16+/m1/s1. The van der Waals surface area contributed by atoms with Gasteiger partial charge in [-0.3, -0.25) is 19.3 Å². The van der Waals surface area contributed by atoms with E-state index >= 15 is 0 Å². The highest BCUT2D eigenvalue weighted by atomic mass is 16.2. The van der Waals surface area contributed by atoms with Gasteiger partial charge in [0.15, 0.2) is 0 Å². The molecular weight excluding hydrogens is 348 g/mol. The van der Waals surface area contributed by atoms with Gasteiger partial charge in [0.25, 0.3) is 0 Å². The lowest BCUT2D eigenvalue weighted by molar-refractivity contribution is -0.143. The third-order valence-electron chi connectivity index (χ3n) is 5.63. The number of benzene rings is 1. The fraction of sp³-hybridized carbons (Fsp3) is 0.333. The maximum absolute atomic E-state index is 12.6. The first-order chi connectivity index (χ1) is 13.1. The number of nitrogens with zero attached hydrogens (tertiary/aromatic N) is 5. The molecule has 3 amide bonds. The molecule has 136 valence electrons. The summed E-state index contributed by atoms with van der Waals surface area (Å²) >= 11 is 0. The Balaban J connectivity index is 1.25. The van der Waals surface area contributed by atoms with Crippen molar-refractivity contribution in [1.29, 1.82) is 0 Å². The van der Waals surface area contributed by atoms with Crippen LogP contribution < -0.4 is 5.32 Å². The zero-order valence-electron chi connectivity index (χ0n) is 14.2. The number of anilines is 1. The van der Waals surface area contributed by atoms with E-state index in [1.54, 1.807) is 24.3 Å². The van der Waals surface area contributed by atoms with Crippen molar-refractivity contribution < 1.29 is 14.4 Å². The SMILES string of the molecule is O=C(CN1C(=O)[C@@H]2[C@@H](C1=O)[C@@H]1C=C[C@@H]2C1)Nc1ccc(-n2cnnn2)cc1. The Kier molecular flexibility index (Phi) is 3.43. The normalized spacial score (nSPS) is 28.1. The van der Waals surface area contributed by atoms with Crippen LogP contribution in [0.4, 0.5) is 5.69 Å². The van der Waals surface area contributed by atoms with Crippen LogP contribution in [0, 0.1) is 23.7 Å². The van der Waals surface area contributed by atoms with Gasteiger partial charge in [0.1, 0.15) is 12.9 Å².